The van der Waals surface area contributed by atoms with Crippen LogP contribution in [0.15, 0.2) is 17.6 Å². The number of imidazole rings is 1. The normalized spacial score (nSPS) is 12.9. The van der Waals surface area contributed by atoms with Crippen LogP contribution in [0.1, 0.15) is 20.3 Å². The van der Waals surface area contributed by atoms with Crippen molar-refractivity contribution in [3.63, 3.8) is 0 Å². The number of aliphatic hydroxyl groups is 2. The van der Waals surface area contributed by atoms with Crippen molar-refractivity contribution in [2.75, 3.05) is 13.2 Å². The first-order valence-electron chi connectivity index (χ1n) is 5.70. The van der Waals surface area contributed by atoms with Gasteiger partial charge in [-0.2, -0.15) is 4.72 Å². The van der Waals surface area contributed by atoms with Gasteiger partial charge in [0.15, 0.2) is 5.03 Å². The van der Waals surface area contributed by atoms with Crippen LogP contribution in [0.25, 0.3) is 0 Å². The fourth-order valence-electron chi connectivity index (χ4n) is 1.40. The van der Waals surface area contributed by atoms with Gasteiger partial charge in [-0.1, -0.05) is 6.92 Å². The summed E-state index contributed by atoms with van der Waals surface area (Å²) in [5.41, 5.74) is -1.26. The summed E-state index contributed by atoms with van der Waals surface area (Å²) in [7, 11) is -3.85. The lowest BCUT2D eigenvalue weighted by Crippen LogP contribution is -2.53. The Kier molecular flexibility index (Phi) is 4.85. The first-order chi connectivity index (χ1) is 8.43. The van der Waals surface area contributed by atoms with Crippen LogP contribution >= 0.6 is 0 Å². The summed E-state index contributed by atoms with van der Waals surface area (Å²) in [6, 6.07) is 0. The third-order valence-electron chi connectivity index (χ3n) is 2.88. The Balaban J connectivity index is 3.00. The molecule has 104 valence electrons. The molecule has 3 N–H and O–H groups in total. The molecule has 0 spiro atoms. The van der Waals surface area contributed by atoms with Gasteiger partial charge in [0.05, 0.1) is 25.1 Å². The average Bonchev–Trinajstić information content (AvgIpc) is 2.85. The van der Waals surface area contributed by atoms with Gasteiger partial charge in [0.1, 0.15) is 0 Å². The van der Waals surface area contributed by atoms with Crippen molar-refractivity contribution in [3.05, 3.63) is 12.5 Å². The van der Waals surface area contributed by atoms with Crippen LogP contribution in [0.4, 0.5) is 0 Å². The monoisotopic (exact) mass is 277 g/mol. The Morgan fingerprint density at radius 3 is 2.39 bits per heavy atom. The SMILES string of the molecule is CCn1cnc(S(=O)(=O)NC(CC)(CO)CO)c1. The van der Waals surface area contributed by atoms with Gasteiger partial charge in [0.2, 0.25) is 0 Å². The second-order valence-electron chi connectivity index (χ2n) is 4.10. The molecule has 0 radical (unpaired) electrons. The molecule has 0 unspecified atom stereocenters. The Labute approximate surface area is 107 Å². The first kappa shape index (κ1) is 15.1. The van der Waals surface area contributed by atoms with Gasteiger partial charge in [-0.15, -0.1) is 0 Å². The molecule has 1 rings (SSSR count). The Hall–Kier alpha value is -0.960. The van der Waals surface area contributed by atoms with Crippen molar-refractivity contribution < 1.29 is 18.6 Å². The van der Waals surface area contributed by atoms with Crippen LogP contribution in [-0.2, 0) is 16.6 Å². The third kappa shape index (κ3) is 3.08. The molecule has 0 saturated carbocycles. The van der Waals surface area contributed by atoms with E-state index in [-0.39, 0.29) is 11.4 Å². The molecule has 1 aromatic rings. The van der Waals surface area contributed by atoms with Crippen molar-refractivity contribution >= 4 is 10.0 Å². The lowest BCUT2D eigenvalue weighted by Gasteiger charge is -2.28. The van der Waals surface area contributed by atoms with E-state index in [4.69, 9.17) is 0 Å². The predicted molar refractivity (Wildman–Crippen MR) is 65.4 cm³/mol. The maximum Gasteiger partial charge on any atom is 0.260 e. The van der Waals surface area contributed by atoms with E-state index >= 15 is 0 Å². The number of nitrogens with one attached hydrogen (secondary N) is 1. The van der Waals surface area contributed by atoms with E-state index in [1.807, 2.05) is 6.92 Å². The van der Waals surface area contributed by atoms with Gasteiger partial charge < -0.3 is 14.8 Å². The van der Waals surface area contributed by atoms with E-state index in [0.29, 0.717) is 6.54 Å². The Bertz CT molecular complexity index is 471. The number of nitrogens with zero attached hydrogens (tertiary/aromatic N) is 2. The van der Waals surface area contributed by atoms with E-state index < -0.39 is 28.8 Å². The zero-order chi connectivity index (χ0) is 13.8. The molecule has 0 bridgehead atoms. The third-order valence-corrected chi connectivity index (χ3v) is 4.35. The molecule has 1 aromatic heterocycles. The van der Waals surface area contributed by atoms with Crippen LogP contribution in [-0.4, -0.2) is 46.9 Å². The lowest BCUT2D eigenvalue weighted by atomic mass is 10.0. The highest BCUT2D eigenvalue weighted by molar-refractivity contribution is 7.89. The van der Waals surface area contributed by atoms with Gasteiger partial charge in [-0.3, -0.25) is 0 Å². The number of aryl methyl sites for hydroxylation is 1. The molecular formula is C10H19N3O4S. The Morgan fingerprint density at radius 2 is 2.00 bits per heavy atom. The summed E-state index contributed by atoms with van der Waals surface area (Å²) in [5.74, 6) is 0. The van der Waals surface area contributed by atoms with Crippen molar-refractivity contribution in [2.24, 2.45) is 0 Å². The van der Waals surface area contributed by atoms with Crippen LogP contribution < -0.4 is 4.72 Å². The number of rotatable bonds is 7. The van der Waals surface area contributed by atoms with Gasteiger partial charge in [0.25, 0.3) is 10.0 Å². The van der Waals surface area contributed by atoms with E-state index in [2.05, 4.69) is 9.71 Å². The summed E-state index contributed by atoms with van der Waals surface area (Å²) in [6.45, 7) is 3.20. The summed E-state index contributed by atoms with van der Waals surface area (Å²) in [6.07, 6.45) is 3.09. The molecule has 0 saturated heterocycles. The van der Waals surface area contributed by atoms with Crippen LogP contribution in [0.5, 0.6) is 0 Å². The van der Waals surface area contributed by atoms with Gasteiger partial charge in [-0.25, -0.2) is 13.4 Å². The number of aliphatic hydroxyl groups excluding tert-OH is 2. The summed E-state index contributed by atoms with van der Waals surface area (Å²) < 4.78 is 28.0. The number of hydrogen-bond donors (Lipinski definition) is 3. The minimum atomic E-state index is -3.85. The average molecular weight is 277 g/mol. The highest BCUT2D eigenvalue weighted by Gasteiger charge is 2.33. The smallest absolute Gasteiger partial charge is 0.260 e. The predicted octanol–water partition coefficient (Wildman–Crippen LogP) is -0.685. The zero-order valence-corrected chi connectivity index (χ0v) is 11.3. The van der Waals surface area contributed by atoms with Crippen molar-refractivity contribution in [1.29, 1.82) is 0 Å². The minimum absolute atomic E-state index is 0.121. The fraction of sp³-hybridized carbons (Fsp3) is 0.700. The quantitative estimate of drug-likeness (QED) is 0.612. The fourth-order valence-corrected chi connectivity index (χ4v) is 2.81. The maximum atomic E-state index is 12.0. The molecule has 18 heavy (non-hydrogen) atoms. The molecule has 0 aliphatic rings. The van der Waals surface area contributed by atoms with Gasteiger partial charge in [0, 0.05) is 12.7 Å². The topological polar surface area (TPSA) is 104 Å². The molecule has 8 heteroatoms. The maximum absolute atomic E-state index is 12.0. The molecule has 0 aliphatic heterocycles. The largest absolute Gasteiger partial charge is 0.394 e. The molecule has 7 nitrogen and oxygen atoms in total. The van der Waals surface area contributed by atoms with Crippen molar-refractivity contribution in [2.45, 2.75) is 37.4 Å². The Morgan fingerprint density at radius 1 is 1.39 bits per heavy atom. The molecule has 0 atom stereocenters. The highest BCUT2D eigenvalue weighted by atomic mass is 32.2. The summed E-state index contributed by atoms with van der Waals surface area (Å²) in [4.78, 5) is 3.79. The van der Waals surface area contributed by atoms with Gasteiger partial charge in [-0.05, 0) is 13.3 Å². The molecule has 0 amide bonds. The summed E-state index contributed by atoms with van der Waals surface area (Å²) in [5, 5.41) is 18.3. The lowest BCUT2D eigenvalue weighted by molar-refractivity contribution is 0.105. The second kappa shape index (κ2) is 5.79. The molecule has 0 fully saturated rings. The number of aromatic nitrogens is 2. The molecule has 0 aromatic carbocycles. The number of sulfonamides is 1. The zero-order valence-electron chi connectivity index (χ0n) is 10.5. The van der Waals surface area contributed by atoms with Crippen LogP contribution in [0.2, 0.25) is 0 Å². The standard InChI is InChI=1S/C10H19N3O4S/c1-3-10(6-14,7-15)12-18(16,17)9-5-13(4-2)8-11-9/h5,8,12,14-15H,3-4,6-7H2,1-2H3. The van der Waals surface area contributed by atoms with Gasteiger partial charge >= 0.3 is 0 Å². The van der Waals surface area contributed by atoms with E-state index in [1.54, 1.807) is 11.5 Å². The molecule has 1 heterocycles. The first-order valence-corrected chi connectivity index (χ1v) is 7.19. The van der Waals surface area contributed by atoms with Crippen molar-refractivity contribution in [1.82, 2.24) is 14.3 Å². The molecular weight excluding hydrogens is 258 g/mol. The summed E-state index contributed by atoms with van der Waals surface area (Å²) >= 11 is 0. The van der Waals surface area contributed by atoms with E-state index in [9.17, 15) is 18.6 Å². The minimum Gasteiger partial charge on any atom is -0.394 e. The highest BCUT2D eigenvalue weighted by Crippen LogP contribution is 2.14. The van der Waals surface area contributed by atoms with E-state index in [1.165, 1.54) is 12.5 Å². The van der Waals surface area contributed by atoms with Crippen LogP contribution in [0.3, 0.4) is 0 Å². The number of hydrogen-bond acceptors (Lipinski definition) is 5. The van der Waals surface area contributed by atoms with Crippen LogP contribution in [0, 0.1) is 0 Å². The van der Waals surface area contributed by atoms with E-state index in [0.717, 1.165) is 0 Å². The second-order valence-corrected chi connectivity index (χ2v) is 5.73. The molecule has 0 aliphatic carbocycles. The van der Waals surface area contributed by atoms with Crippen molar-refractivity contribution in [3.8, 4) is 0 Å².